The number of aromatic nitrogens is 4. The van der Waals surface area contributed by atoms with Crippen LogP contribution >= 0.6 is 11.6 Å². The Kier molecular flexibility index (Phi) is 7.47. The molecule has 4 rings (SSSR count). The van der Waals surface area contributed by atoms with E-state index < -0.39 is 18.2 Å². The fraction of sp³-hybridized carbons (Fsp3) is 0.261. The van der Waals surface area contributed by atoms with Gasteiger partial charge in [0.1, 0.15) is 30.7 Å². The van der Waals surface area contributed by atoms with Crippen LogP contribution in [0.15, 0.2) is 72.0 Å². The van der Waals surface area contributed by atoms with Crippen LogP contribution in [0, 0.1) is 0 Å². The molecule has 0 atom stereocenters. The van der Waals surface area contributed by atoms with Gasteiger partial charge in [-0.15, -0.1) is 0 Å². The van der Waals surface area contributed by atoms with Crippen LogP contribution in [-0.4, -0.2) is 48.3 Å². The molecule has 0 fully saturated rings. The van der Waals surface area contributed by atoms with Crippen LogP contribution < -0.4 is 5.32 Å². The molecule has 9 nitrogen and oxygen atoms in total. The number of aliphatic imine (C=N–C) groups is 1. The Balaban J connectivity index is 1.37. The number of nitrogens with one attached hydrogen (secondary N) is 1. The number of rotatable bonds is 8. The van der Waals surface area contributed by atoms with Gasteiger partial charge in [-0.1, -0.05) is 23.7 Å². The first kappa shape index (κ1) is 24.4. The summed E-state index contributed by atoms with van der Waals surface area (Å²) in [6.45, 7) is -0.708. The predicted molar refractivity (Wildman–Crippen MR) is 124 cm³/mol. The summed E-state index contributed by atoms with van der Waals surface area (Å²) >= 11 is 6.11. The SMILES string of the molecule is O=C(CC1=CCCC(=NCC(F)(F)c2ccccn2)N1O)NCc1cc(Cl)ccc1-n1cncn1. The molecular formula is C23H22ClF2N7O2. The van der Waals surface area contributed by atoms with E-state index in [9.17, 15) is 18.8 Å². The van der Waals surface area contributed by atoms with Crippen LogP contribution in [0.25, 0.3) is 5.69 Å². The van der Waals surface area contributed by atoms with Gasteiger partial charge in [-0.3, -0.25) is 20.0 Å². The topological polar surface area (TPSA) is 109 Å². The molecule has 182 valence electrons. The molecule has 0 saturated carbocycles. The Morgan fingerprint density at radius 1 is 1.29 bits per heavy atom. The maximum absolute atomic E-state index is 14.4. The monoisotopic (exact) mass is 501 g/mol. The minimum Gasteiger partial charge on any atom is -0.352 e. The highest BCUT2D eigenvalue weighted by Gasteiger charge is 2.33. The standard InChI is InChI=1S/C23H22ClF2N7O2/c24-17-7-8-19(32-15-27-14-31-32)16(10-17)12-29-22(34)11-18-4-3-6-21(33(18)35)30-13-23(25,26)20-5-1-2-9-28-20/h1-2,4-5,7-10,14-15,35H,3,6,11-13H2,(H,29,34). The van der Waals surface area contributed by atoms with Crippen LogP contribution in [0.5, 0.6) is 0 Å². The van der Waals surface area contributed by atoms with E-state index in [0.717, 1.165) is 0 Å². The van der Waals surface area contributed by atoms with E-state index in [-0.39, 0.29) is 36.8 Å². The zero-order chi connectivity index (χ0) is 24.8. The van der Waals surface area contributed by atoms with E-state index in [2.05, 4.69) is 25.4 Å². The van der Waals surface area contributed by atoms with Crippen molar-refractivity contribution in [1.82, 2.24) is 30.1 Å². The second kappa shape index (κ2) is 10.7. The molecule has 0 spiro atoms. The summed E-state index contributed by atoms with van der Waals surface area (Å²) in [4.78, 5) is 24.1. The molecule has 2 aromatic heterocycles. The number of hydroxylamine groups is 2. The van der Waals surface area contributed by atoms with Gasteiger partial charge in [0.05, 0.1) is 17.8 Å². The van der Waals surface area contributed by atoms with Crippen LogP contribution in [0.4, 0.5) is 8.78 Å². The van der Waals surface area contributed by atoms with Crippen molar-refractivity contribution in [3.63, 3.8) is 0 Å². The molecule has 35 heavy (non-hydrogen) atoms. The molecule has 1 amide bonds. The van der Waals surface area contributed by atoms with Crippen molar-refractivity contribution in [2.45, 2.75) is 31.7 Å². The molecule has 1 aliphatic heterocycles. The third-order valence-corrected chi connectivity index (χ3v) is 5.52. The highest BCUT2D eigenvalue weighted by atomic mass is 35.5. The number of hydrogen-bond donors (Lipinski definition) is 2. The summed E-state index contributed by atoms with van der Waals surface area (Å²) in [7, 11) is 0. The van der Waals surface area contributed by atoms with Crippen molar-refractivity contribution < 1.29 is 18.8 Å². The Morgan fingerprint density at radius 2 is 2.14 bits per heavy atom. The highest BCUT2D eigenvalue weighted by Crippen LogP contribution is 2.27. The number of alkyl halides is 2. The summed E-state index contributed by atoms with van der Waals surface area (Å²) in [6.07, 6.45) is 6.45. The van der Waals surface area contributed by atoms with E-state index in [1.807, 2.05) is 0 Å². The minimum atomic E-state index is -3.29. The zero-order valence-electron chi connectivity index (χ0n) is 18.5. The number of pyridine rings is 1. The average molecular weight is 502 g/mol. The van der Waals surface area contributed by atoms with Crippen molar-refractivity contribution in [2.75, 3.05) is 6.54 Å². The second-order valence-corrected chi connectivity index (χ2v) is 8.20. The number of allylic oxidation sites excluding steroid dienone is 1. The van der Waals surface area contributed by atoms with Gasteiger partial charge in [0.15, 0.2) is 0 Å². The molecular weight excluding hydrogens is 480 g/mol. The average Bonchev–Trinajstić information content (AvgIpc) is 3.39. The van der Waals surface area contributed by atoms with Gasteiger partial charge in [-0.25, -0.2) is 14.7 Å². The van der Waals surface area contributed by atoms with Crippen LogP contribution in [0.3, 0.4) is 0 Å². The first-order valence-corrected chi connectivity index (χ1v) is 11.1. The summed E-state index contributed by atoms with van der Waals surface area (Å²) in [6, 6.07) is 9.43. The van der Waals surface area contributed by atoms with Gasteiger partial charge >= 0.3 is 5.92 Å². The lowest BCUT2D eigenvalue weighted by atomic mass is 10.1. The lowest BCUT2D eigenvalue weighted by Gasteiger charge is -2.26. The van der Waals surface area contributed by atoms with Gasteiger partial charge < -0.3 is 5.32 Å². The summed E-state index contributed by atoms with van der Waals surface area (Å²) in [5, 5.41) is 18.6. The number of benzene rings is 1. The fourth-order valence-electron chi connectivity index (χ4n) is 3.54. The van der Waals surface area contributed by atoms with Crippen LogP contribution in [0.2, 0.25) is 5.02 Å². The van der Waals surface area contributed by atoms with Gasteiger partial charge in [0, 0.05) is 24.2 Å². The summed E-state index contributed by atoms with van der Waals surface area (Å²) in [5.74, 6) is -3.60. The number of amides is 1. The van der Waals surface area contributed by atoms with Crippen molar-refractivity contribution in [3.8, 4) is 5.69 Å². The molecule has 0 bridgehead atoms. The second-order valence-electron chi connectivity index (χ2n) is 7.76. The Hall–Kier alpha value is -3.70. The third kappa shape index (κ3) is 6.06. The number of hydrogen-bond acceptors (Lipinski definition) is 6. The highest BCUT2D eigenvalue weighted by molar-refractivity contribution is 6.30. The number of carbonyl (C=O) groups excluding carboxylic acids is 1. The zero-order valence-corrected chi connectivity index (χ0v) is 19.2. The first-order chi connectivity index (χ1) is 16.8. The van der Waals surface area contributed by atoms with E-state index in [1.54, 1.807) is 35.0 Å². The molecule has 0 saturated heterocycles. The fourth-order valence-corrected chi connectivity index (χ4v) is 3.74. The molecule has 0 unspecified atom stereocenters. The molecule has 2 N–H and O–H groups in total. The Morgan fingerprint density at radius 3 is 2.89 bits per heavy atom. The van der Waals surface area contributed by atoms with Gasteiger partial charge in [0.2, 0.25) is 5.91 Å². The quantitative estimate of drug-likeness (QED) is 0.485. The summed E-state index contributed by atoms with van der Waals surface area (Å²) in [5.41, 5.74) is 1.28. The van der Waals surface area contributed by atoms with Crippen LogP contribution in [-0.2, 0) is 17.3 Å². The maximum Gasteiger partial charge on any atom is 0.308 e. The summed E-state index contributed by atoms with van der Waals surface area (Å²) < 4.78 is 30.4. The van der Waals surface area contributed by atoms with E-state index in [0.29, 0.717) is 27.8 Å². The minimum absolute atomic E-state index is 0.0641. The predicted octanol–water partition coefficient (Wildman–Crippen LogP) is 3.88. The van der Waals surface area contributed by atoms with Crippen molar-refractivity contribution in [1.29, 1.82) is 0 Å². The molecule has 3 aromatic rings. The molecule has 0 aliphatic carbocycles. The molecule has 3 heterocycles. The van der Waals surface area contributed by atoms with Crippen molar-refractivity contribution in [2.24, 2.45) is 4.99 Å². The smallest absolute Gasteiger partial charge is 0.308 e. The van der Waals surface area contributed by atoms with Crippen molar-refractivity contribution >= 4 is 23.3 Å². The molecule has 1 aromatic carbocycles. The Bertz CT molecular complexity index is 1230. The van der Waals surface area contributed by atoms with Gasteiger partial charge in [-0.2, -0.15) is 13.9 Å². The van der Waals surface area contributed by atoms with Crippen molar-refractivity contribution in [3.05, 3.63) is 83.3 Å². The lowest BCUT2D eigenvalue weighted by molar-refractivity contribution is -0.121. The normalized spacial score (nSPS) is 15.3. The molecule has 1 aliphatic rings. The largest absolute Gasteiger partial charge is 0.352 e. The van der Waals surface area contributed by atoms with Gasteiger partial charge in [-0.05, 0) is 42.3 Å². The third-order valence-electron chi connectivity index (χ3n) is 5.29. The van der Waals surface area contributed by atoms with Crippen LogP contribution in [0.1, 0.15) is 30.5 Å². The number of carbonyl (C=O) groups is 1. The number of halogens is 3. The Labute approximate surface area is 204 Å². The first-order valence-electron chi connectivity index (χ1n) is 10.7. The lowest BCUT2D eigenvalue weighted by Crippen LogP contribution is -2.34. The van der Waals surface area contributed by atoms with E-state index in [4.69, 9.17) is 11.6 Å². The number of amidine groups is 1. The molecule has 0 radical (unpaired) electrons. The van der Waals surface area contributed by atoms with E-state index >= 15 is 0 Å². The van der Waals surface area contributed by atoms with Gasteiger partial charge in [0.25, 0.3) is 0 Å². The number of nitrogens with zero attached hydrogens (tertiary/aromatic N) is 6. The molecule has 12 heteroatoms. The van der Waals surface area contributed by atoms with E-state index in [1.165, 1.54) is 31.0 Å². The maximum atomic E-state index is 14.4.